The molecule has 0 saturated heterocycles. The normalized spacial score (nSPS) is 50.2. The van der Waals surface area contributed by atoms with E-state index < -0.39 is 46.7 Å². The molecule has 3 N–H and O–H groups in total. The van der Waals surface area contributed by atoms with Crippen molar-refractivity contribution in [3.63, 3.8) is 0 Å². The Kier molecular flexibility index (Phi) is 4.32. The number of hydrogen-bond acceptors (Lipinski definition) is 5. The van der Waals surface area contributed by atoms with Crippen LogP contribution in [0.2, 0.25) is 0 Å². The van der Waals surface area contributed by atoms with Crippen molar-refractivity contribution in [1.29, 1.82) is 0 Å². The minimum Gasteiger partial charge on any atom is -0.393 e. The standard InChI is InChI=1S/C22H29FO5/c1-11-6-15-14-5-4-12-7-13(25)8-17(23)21(12,3)19(14)16(26)9-20(15,2)22(11,28)18(27)10-24/h7-8,11,14-16,19,24,26,28H,4-6,9-10H2,1-3H3/t11-,14+,15+,16?,19-,20+,21-,22+/m1/s1. The van der Waals surface area contributed by atoms with Crippen molar-refractivity contribution in [3.8, 4) is 0 Å². The van der Waals surface area contributed by atoms with Crippen molar-refractivity contribution < 1.29 is 29.3 Å². The summed E-state index contributed by atoms with van der Waals surface area (Å²) in [5.74, 6) is -2.37. The molecule has 0 aromatic heterocycles. The molecular formula is C22H29FO5. The van der Waals surface area contributed by atoms with E-state index >= 15 is 4.39 Å². The van der Waals surface area contributed by atoms with Crippen LogP contribution in [0, 0.1) is 34.5 Å². The van der Waals surface area contributed by atoms with Gasteiger partial charge in [-0.25, -0.2) is 4.39 Å². The third kappa shape index (κ3) is 2.17. The van der Waals surface area contributed by atoms with Gasteiger partial charge in [0.25, 0.3) is 0 Å². The number of carbonyl (C=O) groups is 2. The van der Waals surface area contributed by atoms with Gasteiger partial charge in [0.1, 0.15) is 18.0 Å². The lowest BCUT2D eigenvalue weighted by molar-refractivity contribution is -0.185. The SMILES string of the molecule is C[C@@H]1C[C@H]2[C@@H]3CCC4=CC(=O)C=C(F)[C@]4(C)[C@H]3C(O)C[C@]2(C)[C@@]1(O)C(=O)CO. The van der Waals surface area contributed by atoms with E-state index in [1.807, 2.05) is 13.8 Å². The zero-order chi connectivity index (χ0) is 20.6. The Bertz CT molecular complexity index is 803. The van der Waals surface area contributed by atoms with Crippen LogP contribution in [-0.4, -0.2) is 45.2 Å². The van der Waals surface area contributed by atoms with Gasteiger partial charge in [0.05, 0.1) is 6.10 Å². The van der Waals surface area contributed by atoms with Gasteiger partial charge >= 0.3 is 0 Å². The quantitative estimate of drug-likeness (QED) is 0.669. The van der Waals surface area contributed by atoms with Gasteiger partial charge in [-0.15, -0.1) is 0 Å². The second kappa shape index (κ2) is 6.07. The number of fused-ring (bicyclic) bond motifs is 5. The molecule has 5 nitrogen and oxygen atoms in total. The molecule has 6 heteroatoms. The Balaban J connectivity index is 1.80. The van der Waals surface area contributed by atoms with Crippen LogP contribution < -0.4 is 0 Å². The first-order chi connectivity index (χ1) is 13.0. The van der Waals surface area contributed by atoms with Crippen LogP contribution in [0.1, 0.15) is 46.5 Å². The number of aliphatic hydroxyl groups excluding tert-OH is 2. The average Bonchev–Trinajstić information content (AvgIpc) is 2.83. The Morgan fingerprint density at radius 1 is 1.32 bits per heavy atom. The molecule has 0 bridgehead atoms. The summed E-state index contributed by atoms with van der Waals surface area (Å²) in [6, 6.07) is 0. The Morgan fingerprint density at radius 2 is 2.00 bits per heavy atom. The molecule has 0 spiro atoms. The van der Waals surface area contributed by atoms with E-state index in [-0.39, 0.29) is 30.0 Å². The van der Waals surface area contributed by atoms with Gasteiger partial charge in [-0.3, -0.25) is 9.59 Å². The highest BCUT2D eigenvalue weighted by molar-refractivity contribution is 6.01. The Hall–Kier alpha value is -1.37. The zero-order valence-electron chi connectivity index (χ0n) is 16.6. The average molecular weight is 392 g/mol. The third-order valence-corrected chi connectivity index (χ3v) is 8.77. The molecule has 0 radical (unpaired) electrons. The lowest BCUT2D eigenvalue weighted by Gasteiger charge is -2.59. The summed E-state index contributed by atoms with van der Waals surface area (Å²) >= 11 is 0. The lowest BCUT2D eigenvalue weighted by atomic mass is 9.46. The highest BCUT2D eigenvalue weighted by Crippen LogP contribution is 2.69. The number of hydrogen-bond donors (Lipinski definition) is 3. The van der Waals surface area contributed by atoms with Crippen LogP contribution in [0.25, 0.3) is 0 Å². The summed E-state index contributed by atoms with van der Waals surface area (Å²) in [6.07, 6.45) is 3.60. The first kappa shape index (κ1) is 19.9. The fraction of sp³-hybridized carbons (Fsp3) is 0.727. The van der Waals surface area contributed by atoms with Crippen molar-refractivity contribution in [2.24, 2.45) is 34.5 Å². The maximum absolute atomic E-state index is 15.1. The van der Waals surface area contributed by atoms with Crippen molar-refractivity contribution in [2.75, 3.05) is 6.61 Å². The first-order valence-electron chi connectivity index (χ1n) is 10.2. The lowest BCUT2D eigenvalue weighted by Crippen LogP contribution is -2.63. The van der Waals surface area contributed by atoms with Crippen molar-refractivity contribution >= 4 is 11.6 Å². The molecule has 28 heavy (non-hydrogen) atoms. The van der Waals surface area contributed by atoms with Gasteiger partial charge in [0.2, 0.25) is 0 Å². The van der Waals surface area contributed by atoms with Gasteiger partial charge in [0.15, 0.2) is 11.6 Å². The van der Waals surface area contributed by atoms with E-state index in [0.29, 0.717) is 19.3 Å². The van der Waals surface area contributed by atoms with E-state index in [0.717, 1.165) is 11.6 Å². The maximum Gasteiger partial charge on any atom is 0.190 e. The molecule has 0 heterocycles. The molecule has 0 aromatic carbocycles. The molecule has 4 aliphatic rings. The van der Waals surface area contributed by atoms with Gasteiger partial charge in [0, 0.05) is 22.8 Å². The van der Waals surface area contributed by atoms with E-state index in [1.165, 1.54) is 6.08 Å². The molecular weight excluding hydrogens is 363 g/mol. The number of rotatable bonds is 2. The zero-order valence-corrected chi connectivity index (χ0v) is 16.6. The number of allylic oxidation sites excluding steroid dienone is 4. The predicted octanol–water partition coefficient (Wildman–Crippen LogP) is 2.10. The second-order valence-corrected chi connectivity index (χ2v) is 9.77. The highest BCUT2D eigenvalue weighted by atomic mass is 19.1. The molecule has 4 aliphatic carbocycles. The smallest absolute Gasteiger partial charge is 0.190 e. The van der Waals surface area contributed by atoms with Crippen molar-refractivity contribution in [3.05, 3.63) is 23.6 Å². The van der Waals surface area contributed by atoms with Gasteiger partial charge in [-0.05, 0) is 56.4 Å². The number of ketones is 2. The van der Waals surface area contributed by atoms with Crippen LogP contribution in [0.4, 0.5) is 4.39 Å². The molecule has 3 saturated carbocycles. The molecule has 0 amide bonds. The molecule has 4 rings (SSSR count). The highest BCUT2D eigenvalue weighted by Gasteiger charge is 2.70. The predicted molar refractivity (Wildman–Crippen MR) is 99.6 cm³/mol. The molecule has 8 atom stereocenters. The minimum absolute atomic E-state index is 0.0693. The molecule has 1 unspecified atom stereocenters. The van der Waals surface area contributed by atoms with Crippen molar-refractivity contribution in [2.45, 2.75) is 58.2 Å². The van der Waals surface area contributed by atoms with Gasteiger partial charge in [-0.2, -0.15) is 0 Å². The fourth-order valence-electron chi connectivity index (χ4n) is 7.43. The van der Waals surface area contributed by atoms with Gasteiger partial charge in [-0.1, -0.05) is 19.4 Å². The van der Waals surface area contributed by atoms with E-state index in [9.17, 15) is 24.9 Å². The maximum atomic E-state index is 15.1. The largest absolute Gasteiger partial charge is 0.393 e. The van der Waals surface area contributed by atoms with E-state index in [1.54, 1.807) is 6.92 Å². The third-order valence-electron chi connectivity index (χ3n) is 8.77. The van der Waals surface area contributed by atoms with Crippen LogP contribution in [0.5, 0.6) is 0 Å². The van der Waals surface area contributed by atoms with Crippen LogP contribution in [-0.2, 0) is 9.59 Å². The van der Waals surface area contributed by atoms with E-state index in [2.05, 4.69) is 0 Å². The Morgan fingerprint density at radius 3 is 2.64 bits per heavy atom. The summed E-state index contributed by atoms with van der Waals surface area (Å²) < 4.78 is 15.1. The number of carbonyl (C=O) groups excluding carboxylic acids is 2. The first-order valence-corrected chi connectivity index (χ1v) is 10.2. The summed E-state index contributed by atoms with van der Waals surface area (Å²) in [5.41, 5.74) is -2.88. The molecule has 3 fully saturated rings. The monoisotopic (exact) mass is 392 g/mol. The summed E-state index contributed by atoms with van der Waals surface area (Å²) in [4.78, 5) is 24.4. The number of aliphatic hydroxyl groups is 3. The molecule has 0 aliphatic heterocycles. The van der Waals surface area contributed by atoms with Crippen molar-refractivity contribution in [1.82, 2.24) is 0 Å². The number of Topliss-reactive ketones (excluding diaryl/α,β-unsaturated/α-hetero) is 1. The second-order valence-electron chi connectivity index (χ2n) is 9.77. The van der Waals surface area contributed by atoms with E-state index in [4.69, 9.17) is 0 Å². The topological polar surface area (TPSA) is 94.8 Å². The van der Waals surface area contributed by atoms with Crippen LogP contribution in [0.3, 0.4) is 0 Å². The summed E-state index contributed by atoms with van der Waals surface area (Å²) in [6.45, 7) is 4.67. The summed E-state index contributed by atoms with van der Waals surface area (Å²) in [7, 11) is 0. The fourth-order valence-corrected chi connectivity index (χ4v) is 7.43. The van der Waals surface area contributed by atoms with Gasteiger partial charge < -0.3 is 15.3 Å². The minimum atomic E-state index is -1.70. The summed E-state index contributed by atoms with van der Waals surface area (Å²) in [5, 5.41) is 32.1. The molecule has 0 aromatic rings. The Labute approximate surface area is 164 Å². The van der Waals surface area contributed by atoms with Crippen LogP contribution in [0.15, 0.2) is 23.6 Å². The van der Waals surface area contributed by atoms with Crippen LogP contribution >= 0.6 is 0 Å². The number of halogens is 1. The molecule has 154 valence electrons.